The summed E-state index contributed by atoms with van der Waals surface area (Å²) in [5.74, 6) is 1.64. The van der Waals surface area contributed by atoms with Gasteiger partial charge in [0.1, 0.15) is 12.8 Å². The van der Waals surface area contributed by atoms with E-state index in [1.807, 2.05) is 24.3 Å². The van der Waals surface area contributed by atoms with Gasteiger partial charge in [0.15, 0.2) is 17.4 Å². The number of rotatable bonds is 10. The first-order chi connectivity index (χ1) is 18.5. The van der Waals surface area contributed by atoms with E-state index in [0.717, 1.165) is 44.0 Å². The van der Waals surface area contributed by atoms with Gasteiger partial charge in [0.25, 0.3) is 0 Å². The molecule has 0 spiro atoms. The summed E-state index contributed by atoms with van der Waals surface area (Å²) in [7, 11) is 1.78. The van der Waals surface area contributed by atoms with Crippen LogP contribution in [0.5, 0.6) is 5.75 Å². The SMILES string of the molecule is Cn1cc(-c2ncc([N+](=O)[O-])c(NCc3cccc(-c4ncc(OCCN5CCOCC5)cn4)c3)n2)cn1. The molecule has 0 aliphatic carbocycles. The fourth-order valence-corrected chi connectivity index (χ4v) is 3.98. The largest absolute Gasteiger partial charge is 0.489 e. The second kappa shape index (κ2) is 11.7. The zero-order valence-corrected chi connectivity index (χ0v) is 20.9. The van der Waals surface area contributed by atoms with Gasteiger partial charge in [-0.25, -0.2) is 19.9 Å². The number of aryl methyl sites for hydroxylation is 1. The number of hydrogen-bond donors (Lipinski definition) is 1. The molecule has 13 nitrogen and oxygen atoms in total. The Labute approximate surface area is 218 Å². The van der Waals surface area contributed by atoms with E-state index in [2.05, 4.69) is 35.3 Å². The summed E-state index contributed by atoms with van der Waals surface area (Å²) in [6.07, 6.45) is 7.88. The molecule has 0 amide bonds. The quantitative estimate of drug-likeness (QED) is 0.244. The van der Waals surface area contributed by atoms with Crippen molar-refractivity contribution < 1.29 is 14.4 Å². The molecule has 13 heteroatoms. The predicted octanol–water partition coefficient (Wildman–Crippen LogP) is 2.57. The van der Waals surface area contributed by atoms with E-state index < -0.39 is 4.92 Å². The van der Waals surface area contributed by atoms with Crippen LogP contribution in [0.2, 0.25) is 0 Å². The zero-order valence-electron chi connectivity index (χ0n) is 20.9. The molecule has 1 N–H and O–H groups in total. The van der Waals surface area contributed by atoms with Crippen molar-refractivity contribution in [3.63, 3.8) is 0 Å². The summed E-state index contributed by atoms with van der Waals surface area (Å²) in [4.78, 5) is 30.7. The lowest BCUT2D eigenvalue weighted by molar-refractivity contribution is -0.384. The summed E-state index contributed by atoms with van der Waals surface area (Å²) in [6.45, 7) is 5.04. The highest BCUT2D eigenvalue weighted by atomic mass is 16.6. The van der Waals surface area contributed by atoms with E-state index in [1.165, 1.54) is 6.20 Å². The van der Waals surface area contributed by atoms with Crippen LogP contribution in [-0.2, 0) is 18.3 Å². The van der Waals surface area contributed by atoms with E-state index in [-0.39, 0.29) is 11.5 Å². The molecule has 1 aliphatic heterocycles. The van der Waals surface area contributed by atoms with Crippen LogP contribution < -0.4 is 10.1 Å². The third-order valence-corrected chi connectivity index (χ3v) is 5.98. The Bertz CT molecular complexity index is 1390. The normalized spacial score (nSPS) is 13.8. The third-order valence-electron chi connectivity index (χ3n) is 5.98. The maximum absolute atomic E-state index is 11.5. The van der Waals surface area contributed by atoms with Crippen LogP contribution in [0.1, 0.15) is 5.56 Å². The van der Waals surface area contributed by atoms with Crippen molar-refractivity contribution in [2.75, 3.05) is 44.8 Å². The zero-order chi connectivity index (χ0) is 26.3. The highest BCUT2D eigenvalue weighted by Crippen LogP contribution is 2.25. The molecular formula is C25H27N9O4. The summed E-state index contributed by atoms with van der Waals surface area (Å²) < 4.78 is 12.8. The van der Waals surface area contributed by atoms with Gasteiger partial charge < -0.3 is 14.8 Å². The lowest BCUT2D eigenvalue weighted by Crippen LogP contribution is -2.38. The molecule has 0 bridgehead atoms. The van der Waals surface area contributed by atoms with Gasteiger partial charge in [-0.05, 0) is 11.6 Å². The number of morpholine rings is 1. The van der Waals surface area contributed by atoms with Gasteiger partial charge in [-0.2, -0.15) is 5.10 Å². The first-order valence-electron chi connectivity index (χ1n) is 12.1. The van der Waals surface area contributed by atoms with Crippen molar-refractivity contribution in [1.29, 1.82) is 0 Å². The van der Waals surface area contributed by atoms with Crippen molar-refractivity contribution in [2.24, 2.45) is 7.05 Å². The van der Waals surface area contributed by atoms with Crippen LogP contribution in [-0.4, -0.2) is 79.0 Å². The molecule has 0 unspecified atom stereocenters. The summed E-state index contributed by atoms with van der Waals surface area (Å²) >= 11 is 0. The summed E-state index contributed by atoms with van der Waals surface area (Å²) in [5.41, 5.74) is 2.16. The van der Waals surface area contributed by atoms with E-state index in [4.69, 9.17) is 9.47 Å². The molecule has 4 aromatic rings. The van der Waals surface area contributed by atoms with Gasteiger partial charge in [-0.3, -0.25) is 19.7 Å². The fourth-order valence-electron chi connectivity index (χ4n) is 3.98. The van der Waals surface area contributed by atoms with Crippen molar-refractivity contribution in [3.05, 3.63) is 70.9 Å². The van der Waals surface area contributed by atoms with Gasteiger partial charge in [0.05, 0.1) is 42.3 Å². The minimum Gasteiger partial charge on any atom is -0.489 e. The molecule has 4 heterocycles. The van der Waals surface area contributed by atoms with E-state index >= 15 is 0 Å². The van der Waals surface area contributed by atoms with Gasteiger partial charge in [-0.1, -0.05) is 18.2 Å². The smallest absolute Gasteiger partial charge is 0.329 e. The summed E-state index contributed by atoms with van der Waals surface area (Å²) in [6, 6.07) is 7.63. The number of anilines is 1. The standard InChI is InChI=1S/C25H27N9O4/c1-32-17-20(13-30-32)24-29-16-22(34(35)36)25(31-24)26-12-18-3-2-4-19(11-18)23-27-14-21(15-28-23)38-10-7-33-5-8-37-9-6-33/h2-4,11,13-17H,5-10,12H2,1H3,(H,26,29,31). The Morgan fingerprint density at radius 3 is 2.61 bits per heavy atom. The molecule has 3 aromatic heterocycles. The fraction of sp³-hybridized carbons (Fsp3) is 0.320. The third kappa shape index (κ3) is 6.25. The topological polar surface area (TPSA) is 146 Å². The highest BCUT2D eigenvalue weighted by Gasteiger charge is 2.18. The number of nitro groups is 1. The first kappa shape index (κ1) is 25.2. The number of hydrogen-bond acceptors (Lipinski definition) is 11. The van der Waals surface area contributed by atoms with Gasteiger partial charge in [0.2, 0.25) is 5.82 Å². The molecule has 1 fully saturated rings. The summed E-state index contributed by atoms with van der Waals surface area (Å²) in [5, 5.41) is 18.7. The Morgan fingerprint density at radius 1 is 1.08 bits per heavy atom. The molecule has 5 rings (SSSR count). The lowest BCUT2D eigenvalue weighted by atomic mass is 10.1. The molecule has 1 saturated heterocycles. The average molecular weight is 518 g/mol. The molecular weight excluding hydrogens is 490 g/mol. The average Bonchev–Trinajstić information content (AvgIpc) is 3.39. The van der Waals surface area contributed by atoms with Crippen LogP contribution in [0.25, 0.3) is 22.8 Å². The van der Waals surface area contributed by atoms with Crippen molar-refractivity contribution in [3.8, 4) is 28.5 Å². The Morgan fingerprint density at radius 2 is 1.87 bits per heavy atom. The van der Waals surface area contributed by atoms with Crippen molar-refractivity contribution in [2.45, 2.75) is 6.54 Å². The Balaban J connectivity index is 1.23. The Kier molecular flexibility index (Phi) is 7.75. The Hall–Kier alpha value is -4.49. The maximum Gasteiger partial charge on any atom is 0.329 e. The van der Waals surface area contributed by atoms with Gasteiger partial charge >= 0.3 is 5.69 Å². The second-order valence-corrected chi connectivity index (χ2v) is 8.69. The monoisotopic (exact) mass is 517 g/mol. The molecule has 0 radical (unpaired) electrons. The van der Waals surface area contributed by atoms with Crippen LogP contribution in [0, 0.1) is 10.1 Å². The van der Waals surface area contributed by atoms with Crippen LogP contribution in [0.15, 0.2) is 55.2 Å². The highest BCUT2D eigenvalue weighted by molar-refractivity contribution is 5.62. The van der Waals surface area contributed by atoms with Crippen LogP contribution in [0.3, 0.4) is 0 Å². The minimum atomic E-state index is -0.510. The van der Waals surface area contributed by atoms with Crippen molar-refractivity contribution in [1.82, 2.24) is 34.6 Å². The van der Waals surface area contributed by atoms with Crippen LogP contribution in [0.4, 0.5) is 11.5 Å². The number of nitrogens with one attached hydrogen (secondary N) is 1. The molecule has 38 heavy (non-hydrogen) atoms. The van der Waals surface area contributed by atoms with Gasteiger partial charge in [-0.15, -0.1) is 0 Å². The van der Waals surface area contributed by atoms with E-state index in [1.54, 1.807) is 36.5 Å². The number of aromatic nitrogens is 6. The van der Waals surface area contributed by atoms with Gasteiger partial charge in [0, 0.05) is 45.0 Å². The molecule has 1 aliphatic rings. The maximum atomic E-state index is 11.5. The molecule has 0 atom stereocenters. The molecule has 0 saturated carbocycles. The number of benzene rings is 1. The predicted molar refractivity (Wildman–Crippen MR) is 138 cm³/mol. The van der Waals surface area contributed by atoms with E-state index in [0.29, 0.717) is 36.1 Å². The van der Waals surface area contributed by atoms with Crippen LogP contribution >= 0.6 is 0 Å². The minimum absolute atomic E-state index is 0.129. The number of ether oxygens (including phenoxy) is 2. The lowest BCUT2D eigenvalue weighted by Gasteiger charge is -2.26. The molecule has 196 valence electrons. The molecule has 1 aromatic carbocycles. The first-order valence-corrected chi connectivity index (χ1v) is 12.1. The second-order valence-electron chi connectivity index (χ2n) is 8.69. The van der Waals surface area contributed by atoms with E-state index in [9.17, 15) is 10.1 Å². The van der Waals surface area contributed by atoms with Crippen molar-refractivity contribution >= 4 is 11.5 Å². The number of nitrogens with zero attached hydrogens (tertiary/aromatic N) is 8.